The van der Waals surface area contributed by atoms with Crippen LogP contribution < -0.4 is 4.74 Å². The lowest BCUT2D eigenvalue weighted by molar-refractivity contribution is 0.0180. The van der Waals surface area contributed by atoms with Crippen LogP contribution in [0.4, 0.5) is 0 Å². The number of nitrogens with zero attached hydrogens (tertiary/aromatic N) is 3. The molecule has 0 radical (unpaired) electrons. The Morgan fingerprint density at radius 3 is 2.61 bits per heavy atom. The van der Waals surface area contributed by atoms with E-state index in [0.717, 1.165) is 72.7 Å². The van der Waals surface area contributed by atoms with Crippen molar-refractivity contribution >= 4 is 28.4 Å². The molecular formula is C29H34ClN3O3. The number of aromatic nitrogens is 1. The predicted molar refractivity (Wildman–Crippen MR) is 142 cm³/mol. The van der Waals surface area contributed by atoms with Gasteiger partial charge in [0.05, 0.1) is 12.7 Å². The first kappa shape index (κ1) is 23.8. The van der Waals surface area contributed by atoms with Gasteiger partial charge in [0.2, 0.25) is 0 Å². The van der Waals surface area contributed by atoms with Crippen LogP contribution in [0.25, 0.3) is 10.9 Å². The molecule has 1 aromatic heterocycles. The van der Waals surface area contributed by atoms with E-state index in [9.17, 15) is 9.90 Å². The first-order valence-corrected chi connectivity index (χ1v) is 13.5. The number of aryl methyl sites for hydroxylation is 1. The molecule has 3 aliphatic rings. The molecule has 6 nitrogen and oxygen atoms in total. The van der Waals surface area contributed by atoms with Crippen molar-refractivity contribution in [3.63, 3.8) is 0 Å². The Morgan fingerprint density at radius 2 is 1.86 bits per heavy atom. The van der Waals surface area contributed by atoms with Crippen LogP contribution in [0.15, 0.2) is 48.5 Å². The molecule has 1 spiro atoms. The van der Waals surface area contributed by atoms with E-state index < -0.39 is 0 Å². The van der Waals surface area contributed by atoms with Gasteiger partial charge in [-0.25, -0.2) is 0 Å². The SMILES string of the molecule is Cn1c(C(=O)N2CCC(C(O)CN3CCC4(CC3)COc3cc(Cl)ccc34)CC2)cc2ccccc21. The first-order chi connectivity index (χ1) is 17.4. The molecule has 1 atom stereocenters. The van der Waals surface area contributed by atoms with E-state index in [1.54, 1.807) is 0 Å². The number of benzene rings is 2. The second-order valence-corrected chi connectivity index (χ2v) is 11.3. The van der Waals surface area contributed by atoms with E-state index in [2.05, 4.69) is 11.0 Å². The normalized spacial score (nSPS) is 21.0. The van der Waals surface area contributed by atoms with Crippen molar-refractivity contribution in [3.8, 4) is 5.75 Å². The molecule has 2 aromatic carbocycles. The summed E-state index contributed by atoms with van der Waals surface area (Å²) in [6.45, 7) is 4.74. The lowest BCUT2D eigenvalue weighted by Crippen LogP contribution is -2.48. The summed E-state index contributed by atoms with van der Waals surface area (Å²) >= 11 is 6.15. The number of likely N-dealkylation sites (tertiary alicyclic amines) is 2. The summed E-state index contributed by atoms with van der Waals surface area (Å²) in [7, 11) is 1.96. The van der Waals surface area contributed by atoms with Crippen molar-refractivity contribution in [3.05, 3.63) is 64.8 Å². The highest BCUT2D eigenvalue weighted by Crippen LogP contribution is 2.46. The van der Waals surface area contributed by atoms with Gasteiger partial charge in [-0.05, 0) is 69.0 Å². The van der Waals surface area contributed by atoms with E-state index in [-0.39, 0.29) is 23.3 Å². The van der Waals surface area contributed by atoms with Crippen molar-refractivity contribution in [2.24, 2.45) is 13.0 Å². The number of para-hydroxylation sites is 1. The minimum Gasteiger partial charge on any atom is -0.492 e. The van der Waals surface area contributed by atoms with Crippen molar-refractivity contribution in [1.29, 1.82) is 0 Å². The summed E-state index contributed by atoms with van der Waals surface area (Å²) in [4.78, 5) is 17.6. The zero-order chi connectivity index (χ0) is 24.9. The number of carbonyl (C=O) groups excluding carboxylic acids is 1. The molecule has 1 N–H and O–H groups in total. The van der Waals surface area contributed by atoms with Crippen LogP contribution in [0.5, 0.6) is 5.75 Å². The molecule has 2 fully saturated rings. The van der Waals surface area contributed by atoms with Gasteiger partial charge in [0.15, 0.2) is 0 Å². The second kappa shape index (κ2) is 9.40. The molecule has 7 heteroatoms. The van der Waals surface area contributed by atoms with Gasteiger partial charge in [0.25, 0.3) is 5.91 Å². The third kappa shape index (κ3) is 4.19. The Morgan fingerprint density at radius 1 is 1.11 bits per heavy atom. The van der Waals surface area contributed by atoms with Gasteiger partial charge in [-0.3, -0.25) is 4.79 Å². The molecule has 6 rings (SSSR count). The van der Waals surface area contributed by atoms with Gasteiger partial charge in [0.1, 0.15) is 11.4 Å². The fraction of sp³-hybridized carbons (Fsp3) is 0.483. The molecular weight excluding hydrogens is 474 g/mol. The fourth-order valence-electron chi connectivity index (χ4n) is 6.48. The topological polar surface area (TPSA) is 57.9 Å². The molecule has 36 heavy (non-hydrogen) atoms. The number of fused-ring (bicyclic) bond motifs is 3. The van der Waals surface area contributed by atoms with Crippen LogP contribution in [0.1, 0.15) is 41.7 Å². The number of piperidine rings is 2. The Hall–Kier alpha value is -2.54. The van der Waals surface area contributed by atoms with Crippen molar-refractivity contribution < 1.29 is 14.6 Å². The second-order valence-electron chi connectivity index (χ2n) is 10.9. The summed E-state index contributed by atoms with van der Waals surface area (Å²) < 4.78 is 7.97. The van der Waals surface area contributed by atoms with Crippen LogP contribution in [0.3, 0.4) is 0 Å². The molecule has 190 valence electrons. The zero-order valence-corrected chi connectivity index (χ0v) is 21.6. The van der Waals surface area contributed by atoms with Gasteiger partial charge in [-0.2, -0.15) is 0 Å². The number of β-amino-alcohol motifs (C(OH)–C–C–N with tert-alkyl or cyclic N) is 1. The summed E-state index contributed by atoms with van der Waals surface area (Å²) in [5.74, 6) is 1.25. The number of carbonyl (C=O) groups is 1. The lowest BCUT2D eigenvalue weighted by Gasteiger charge is -2.41. The highest BCUT2D eigenvalue weighted by molar-refractivity contribution is 6.30. The highest BCUT2D eigenvalue weighted by Gasteiger charge is 2.43. The van der Waals surface area contributed by atoms with Gasteiger partial charge < -0.3 is 24.2 Å². The average Bonchev–Trinajstić information content (AvgIpc) is 3.42. The number of hydrogen-bond acceptors (Lipinski definition) is 4. The van der Waals surface area contributed by atoms with Crippen molar-refractivity contribution in [1.82, 2.24) is 14.4 Å². The third-order valence-corrected chi connectivity index (χ3v) is 9.05. The summed E-state index contributed by atoms with van der Waals surface area (Å²) in [5, 5.41) is 12.9. The summed E-state index contributed by atoms with van der Waals surface area (Å²) in [5.41, 5.74) is 3.17. The Labute approximate surface area is 217 Å². The predicted octanol–water partition coefficient (Wildman–Crippen LogP) is 4.47. The monoisotopic (exact) mass is 507 g/mol. The van der Waals surface area contributed by atoms with Gasteiger partial charge in [-0.1, -0.05) is 35.9 Å². The maximum atomic E-state index is 13.2. The van der Waals surface area contributed by atoms with E-state index in [0.29, 0.717) is 19.6 Å². The first-order valence-electron chi connectivity index (χ1n) is 13.1. The number of ether oxygens (including phenoxy) is 1. The van der Waals surface area contributed by atoms with E-state index >= 15 is 0 Å². The molecule has 0 aliphatic carbocycles. The molecule has 1 amide bonds. The van der Waals surface area contributed by atoms with E-state index in [1.165, 1.54) is 5.56 Å². The molecule has 0 bridgehead atoms. The molecule has 1 unspecified atom stereocenters. The highest BCUT2D eigenvalue weighted by atomic mass is 35.5. The minimum atomic E-state index is -0.361. The van der Waals surface area contributed by atoms with Crippen molar-refractivity contribution in [2.45, 2.75) is 37.2 Å². The van der Waals surface area contributed by atoms with E-state index in [1.807, 2.05) is 59.0 Å². The number of aliphatic hydroxyl groups excluding tert-OH is 1. The molecule has 2 saturated heterocycles. The quantitative estimate of drug-likeness (QED) is 0.566. The number of rotatable bonds is 4. The standard InChI is InChI=1S/C29H34ClN3O3/c1-31-24-5-3-2-4-21(24)16-25(31)28(35)33-12-8-20(9-13-33)26(34)18-32-14-10-29(11-15-32)19-36-27-17-22(30)6-7-23(27)29/h2-7,16-17,20,26,34H,8-15,18-19H2,1H3. The number of halogens is 1. The largest absolute Gasteiger partial charge is 0.492 e. The molecule has 4 heterocycles. The van der Waals surface area contributed by atoms with Crippen LogP contribution >= 0.6 is 11.6 Å². The van der Waals surface area contributed by atoms with Crippen LogP contribution in [-0.4, -0.2) is 70.8 Å². The minimum absolute atomic E-state index is 0.0782. The van der Waals surface area contributed by atoms with Crippen molar-refractivity contribution in [2.75, 3.05) is 39.3 Å². The maximum Gasteiger partial charge on any atom is 0.270 e. The van der Waals surface area contributed by atoms with Gasteiger partial charge >= 0.3 is 0 Å². The molecule has 3 aromatic rings. The fourth-order valence-corrected chi connectivity index (χ4v) is 6.64. The Balaban J connectivity index is 1.02. The van der Waals surface area contributed by atoms with Gasteiger partial charge in [0, 0.05) is 53.6 Å². The van der Waals surface area contributed by atoms with Crippen LogP contribution in [0, 0.1) is 5.92 Å². The average molecular weight is 508 g/mol. The third-order valence-electron chi connectivity index (χ3n) is 8.82. The van der Waals surface area contributed by atoms with Crippen LogP contribution in [-0.2, 0) is 12.5 Å². The number of hydrogen-bond donors (Lipinski definition) is 1. The summed E-state index contributed by atoms with van der Waals surface area (Å²) in [6, 6.07) is 16.1. The maximum absolute atomic E-state index is 13.2. The van der Waals surface area contributed by atoms with Gasteiger partial charge in [-0.15, -0.1) is 0 Å². The summed E-state index contributed by atoms with van der Waals surface area (Å²) in [6.07, 6.45) is 3.39. The Bertz CT molecular complexity index is 1270. The lowest BCUT2D eigenvalue weighted by atomic mass is 9.74. The number of aliphatic hydroxyl groups is 1. The van der Waals surface area contributed by atoms with Crippen LogP contribution in [0.2, 0.25) is 5.02 Å². The smallest absolute Gasteiger partial charge is 0.270 e. The molecule has 0 saturated carbocycles. The molecule has 3 aliphatic heterocycles. The zero-order valence-electron chi connectivity index (χ0n) is 20.8. The van der Waals surface area contributed by atoms with E-state index in [4.69, 9.17) is 16.3 Å². The number of amides is 1. The Kier molecular flexibility index (Phi) is 6.22.